The maximum Gasteiger partial charge on any atom is 0.285 e. The van der Waals surface area contributed by atoms with Gasteiger partial charge in [0, 0.05) is 38.1 Å². The molecule has 16 heteroatoms. The standard InChI is InChI=1S/C25H22ClF3N6O4S2/c26-18-3-4-19(28)22-21(18)24(31-35(22)41(38,39)17-5-8-33(13-17)40(36,37)16-1-2-16)34-10-9-32(14-25(34)6-7-25)23-20(29)11-15(27)12-30-23/h3-5,8,11-13,16H,1-2,6-7,9-10,14H2. The summed E-state index contributed by atoms with van der Waals surface area (Å²) in [6.45, 7) is 0.777. The third-order valence-electron chi connectivity index (χ3n) is 7.91. The number of rotatable bonds is 6. The van der Waals surface area contributed by atoms with E-state index in [2.05, 4.69) is 10.1 Å². The van der Waals surface area contributed by atoms with E-state index in [-0.39, 0.29) is 45.5 Å². The van der Waals surface area contributed by atoms with Crippen LogP contribution in [0.1, 0.15) is 25.7 Å². The Bertz CT molecular complexity index is 1950. The molecule has 0 unspecified atom stereocenters. The lowest BCUT2D eigenvalue weighted by Crippen LogP contribution is -2.56. The summed E-state index contributed by atoms with van der Waals surface area (Å²) in [6.07, 6.45) is 5.39. The first-order valence-electron chi connectivity index (χ1n) is 12.8. The van der Waals surface area contributed by atoms with Gasteiger partial charge in [-0.3, -0.25) is 3.97 Å². The summed E-state index contributed by atoms with van der Waals surface area (Å²) in [7, 11) is -8.29. The maximum atomic E-state index is 15.3. The molecule has 1 aliphatic heterocycles. The Kier molecular flexibility index (Phi) is 5.74. The molecule has 7 rings (SSSR count). The lowest BCUT2D eigenvalue weighted by Gasteiger charge is -2.43. The average Bonchev–Trinajstić information content (AvgIpc) is 3.82. The second-order valence-corrected chi connectivity index (χ2v) is 14.9. The van der Waals surface area contributed by atoms with Crippen LogP contribution in [0.15, 0.2) is 47.8 Å². The van der Waals surface area contributed by atoms with Gasteiger partial charge in [-0.05, 0) is 43.9 Å². The molecule has 2 aliphatic carbocycles. The quantitative estimate of drug-likeness (QED) is 0.318. The minimum atomic E-state index is -4.56. The van der Waals surface area contributed by atoms with Gasteiger partial charge in [0.05, 0.1) is 27.4 Å². The van der Waals surface area contributed by atoms with Gasteiger partial charge in [-0.15, -0.1) is 9.19 Å². The summed E-state index contributed by atoms with van der Waals surface area (Å²) in [5.41, 5.74) is -0.955. The third kappa shape index (κ3) is 4.11. The second-order valence-electron chi connectivity index (χ2n) is 10.6. The molecule has 0 bridgehead atoms. The van der Waals surface area contributed by atoms with Crippen LogP contribution < -0.4 is 9.80 Å². The van der Waals surface area contributed by atoms with Crippen molar-refractivity contribution in [2.45, 2.75) is 41.4 Å². The van der Waals surface area contributed by atoms with Gasteiger partial charge in [0.15, 0.2) is 23.3 Å². The third-order valence-corrected chi connectivity index (χ3v) is 11.9. The molecule has 41 heavy (non-hydrogen) atoms. The van der Waals surface area contributed by atoms with Crippen molar-refractivity contribution in [1.29, 1.82) is 0 Å². The zero-order valence-corrected chi connectivity index (χ0v) is 23.6. The molecule has 1 spiro atoms. The molecule has 3 fully saturated rings. The fraction of sp³-hybridized carbons (Fsp3) is 0.360. The number of aromatic nitrogens is 4. The largest absolute Gasteiger partial charge is 0.350 e. The number of hydrogen-bond donors (Lipinski definition) is 0. The molecule has 3 aliphatic rings. The highest BCUT2D eigenvalue weighted by molar-refractivity contribution is 7.91. The number of piperazine rings is 1. The van der Waals surface area contributed by atoms with Crippen LogP contribution in [0.25, 0.3) is 10.9 Å². The van der Waals surface area contributed by atoms with Crippen molar-refractivity contribution in [3.63, 3.8) is 0 Å². The van der Waals surface area contributed by atoms with E-state index in [9.17, 15) is 25.6 Å². The number of anilines is 2. The van der Waals surface area contributed by atoms with E-state index < -0.39 is 48.3 Å². The lowest BCUT2D eigenvalue weighted by molar-refractivity contribution is 0.489. The lowest BCUT2D eigenvalue weighted by atomic mass is 10.1. The van der Waals surface area contributed by atoms with E-state index in [1.807, 2.05) is 4.90 Å². The minimum Gasteiger partial charge on any atom is -0.350 e. The molecule has 10 nitrogen and oxygen atoms in total. The van der Waals surface area contributed by atoms with Gasteiger partial charge in [-0.1, -0.05) is 11.6 Å². The van der Waals surface area contributed by atoms with Gasteiger partial charge in [0.2, 0.25) is 10.0 Å². The first-order valence-corrected chi connectivity index (χ1v) is 16.1. The van der Waals surface area contributed by atoms with Gasteiger partial charge in [-0.25, -0.2) is 26.6 Å². The van der Waals surface area contributed by atoms with Crippen LogP contribution in [0, 0.1) is 17.5 Å². The normalized spacial score (nSPS) is 18.9. The first kappa shape index (κ1) is 26.6. The molecular weight excluding hydrogens is 605 g/mol. The van der Waals surface area contributed by atoms with E-state index in [1.165, 1.54) is 6.07 Å². The maximum absolute atomic E-state index is 15.3. The molecule has 3 aromatic heterocycles. The first-order chi connectivity index (χ1) is 19.4. The van der Waals surface area contributed by atoms with Crippen molar-refractivity contribution in [2.75, 3.05) is 29.4 Å². The molecule has 2 saturated carbocycles. The number of halogens is 4. The van der Waals surface area contributed by atoms with E-state index >= 15 is 4.39 Å². The Morgan fingerprint density at radius 3 is 2.41 bits per heavy atom. The van der Waals surface area contributed by atoms with Crippen LogP contribution in [-0.2, 0) is 20.0 Å². The van der Waals surface area contributed by atoms with Crippen molar-refractivity contribution >= 4 is 54.2 Å². The molecule has 0 N–H and O–H groups in total. The van der Waals surface area contributed by atoms with Crippen LogP contribution in [-0.4, -0.2) is 65.4 Å². The number of nitrogens with zero attached hydrogens (tertiary/aromatic N) is 6. The van der Waals surface area contributed by atoms with E-state index in [4.69, 9.17) is 11.6 Å². The van der Waals surface area contributed by atoms with Crippen LogP contribution in [0.4, 0.5) is 24.8 Å². The molecular formula is C25H22ClF3N6O4S2. The van der Waals surface area contributed by atoms with Gasteiger partial charge in [0.25, 0.3) is 10.0 Å². The fourth-order valence-corrected chi connectivity index (χ4v) is 8.65. The van der Waals surface area contributed by atoms with Crippen LogP contribution in [0.2, 0.25) is 5.02 Å². The Hall–Kier alpha value is -3.30. The smallest absolute Gasteiger partial charge is 0.285 e. The Morgan fingerprint density at radius 2 is 1.73 bits per heavy atom. The van der Waals surface area contributed by atoms with Gasteiger partial charge in [-0.2, -0.15) is 8.42 Å². The second kappa shape index (κ2) is 8.85. The topological polar surface area (TPSA) is 110 Å². The summed E-state index contributed by atoms with van der Waals surface area (Å²) in [6, 6.07) is 4.25. The van der Waals surface area contributed by atoms with Crippen molar-refractivity contribution < 1.29 is 30.0 Å². The summed E-state index contributed by atoms with van der Waals surface area (Å²) < 4.78 is 97.6. The summed E-state index contributed by atoms with van der Waals surface area (Å²) in [4.78, 5) is 7.09. The molecule has 216 valence electrons. The predicted octanol–water partition coefficient (Wildman–Crippen LogP) is 3.74. The van der Waals surface area contributed by atoms with Gasteiger partial charge < -0.3 is 9.80 Å². The molecule has 0 radical (unpaired) electrons. The van der Waals surface area contributed by atoms with Gasteiger partial charge >= 0.3 is 0 Å². The van der Waals surface area contributed by atoms with Crippen molar-refractivity contribution in [1.82, 2.24) is 18.1 Å². The van der Waals surface area contributed by atoms with Crippen LogP contribution in [0.3, 0.4) is 0 Å². The average molecular weight is 627 g/mol. The summed E-state index contributed by atoms with van der Waals surface area (Å²) in [5.74, 6) is -2.32. The minimum absolute atomic E-state index is 0.00466. The zero-order valence-electron chi connectivity index (χ0n) is 21.2. The number of benzene rings is 1. The Balaban J connectivity index is 1.31. The van der Waals surface area contributed by atoms with Crippen molar-refractivity contribution in [2.24, 2.45) is 0 Å². The molecule has 4 aromatic rings. The highest BCUT2D eigenvalue weighted by atomic mass is 35.5. The molecule has 0 amide bonds. The molecule has 4 heterocycles. The van der Waals surface area contributed by atoms with Crippen LogP contribution >= 0.6 is 11.6 Å². The van der Waals surface area contributed by atoms with E-state index in [0.717, 1.165) is 40.8 Å². The Morgan fingerprint density at radius 1 is 0.976 bits per heavy atom. The van der Waals surface area contributed by atoms with Crippen molar-refractivity contribution in [3.05, 3.63) is 65.3 Å². The SMILES string of the molecule is O=S(=O)(c1ccn(S(=O)(=O)C2CC2)c1)n1nc(N2CCN(c3ncc(F)cc3F)CC23CC3)c2c(Cl)ccc(F)c21. The van der Waals surface area contributed by atoms with E-state index in [1.54, 1.807) is 4.90 Å². The zero-order chi connectivity index (χ0) is 28.9. The monoisotopic (exact) mass is 626 g/mol. The molecule has 0 atom stereocenters. The number of hydrogen-bond acceptors (Lipinski definition) is 8. The molecule has 1 saturated heterocycles. The predicted molar refractivity (Wildman–Crippen MR) is 145 cm³/mol. The number of pyridine rings is 1. The fourth-order valence-electron chi connectivity index (χ4n) is 5.50. The summed E-state index contributed by atoms with van der Waals surface area (Å²) >= 11 is 6.51. The highest BCUT2D eigenvalue weighted by Gasteiger charge is 2.53. The van der Waals surface area contributed by atoms with Gasteiger partial charge in [0.1, 0.15) is 16.2 Å². The molecule has 1 aromatic carbocycles. The highest BCUT2D eigenvalue weighted by Crippen LogP contribution is 2.49. The Labute approximate surface area is 238 Å². The van der Waals surface area contributed by atoms with E-state index in [0.29, 0.717) is 36.3 Å². The number of fused-ring (bicyclic) bond motifs is 1. The summed E-state index contributed by atoms with van der Waals surface area (Å²) in [5, 5.41) is 3.98. The van der Waals surface area contributed by atoms with Crippen LogP contribution in [0.5, 0.6) is 0 Å². The van der Waals surface area contributed by atoms with Crippen molar-refractivity contribution in [3.8, 4) is 0 Å².